The first-order valence-electron chi connectivity index (χ1n) is 6.05. The molecule has 0 radical (unpaired) electrons. The van der Waals surface area contributed by atoms with Crippen LogP contribution in [0.15, 0.2) is 6.33 Å². The molecule has 2 aromatic heterocycles. The van der Waals surface area contributed by atoms with E-state index >= 15 is 0 Å². The van der Waals surface area contributed by atoms with Crippen molar-refractivity contribution < 1.29 is 5.11 Å². The van der Waals surface area contributed by atoms with Gasteiger partial charge in [-0.05, 0) is 12.3 Å². The van der Waals surface area contributed by atoms with Crippen molar-refractivity contribution >= 4 is 22.9 Å². The van der Waals surface area contributed by atoms with Crippen LogP contribution in [-0.4, -0.2) is 44.2 Å². The van der Waals surface area contributed by atoms with Crippen LogP contribution in [0.3, 0.4) is 0 Å². The summed E-state index contributed by atoms with van der Waals surface area (Å²) < 4.78 is 0. The smallest absolute Gasteiger partial charge is 0.224 e. The van der Waals surface area contributed by atoms with Crippen LogP contribution in [-0.2, 0) is 0 Å². The molecular formula is C11H16N6O. The lowest BCUT2D eigenvalue weighted by molar-refractivity contribution is 0.244. The Kier molecular flexibility index (Phi) is 2.55. The summed E-state index contributed by atoms with van der Waals surface area (Å²) in [6.07, 6.45) is 2.61. The summed E-state index contributed by atoms with van der Waals surface area (Å²) in [6, 6.07) is 0.0748. The molecular weight excluding hydrogens is 232 g/mol. The first-order valence-corrected chi connectivity index (χ1v) is 6.05. The minimum Gasteiger partial charge on any atom is -0.394 e. The summed E-state index contributed by atoms with van der Waals surface area (Å²) in [5, 5.41) is 9.52. The second-order valence-electron chi connectivity index (χ2n) is 4.72. The Morgan fingerprint density at radius 3 is 3.17 bits per heavy atom. The van der Waals surface area contributed by atoms with Crippen molar-refractivity contribution in [2.75, 3.05) is 23.8 Å². The number of nitrogens with two attached hydrogens (primary N) is 1. The number of nitrogens with one attached hydrogen (secondary N) is 1. The van der Waals surface area contributed by atoms with Gasteiger partial charge in [-0.25, -0.2) is 4.98 Å². The van der Waals surface area contributed by atoms with Gasteiger partial charge in [0.1, 0.15) is 5.52 Å². The first kappa shape index (κ1) is 11.2. The van der Waals surface area contributed by atoms with Crippen molar-refractivity contribution in [1.29, 1.82) is 0 Å². The third-order valence-electron chi connectivity index (χ3n) is 3.63. The summed E-state index contributed by atoms with van der Waals surface area (Å²) in [4.78, 5) is 17.6. The molecule has 2 atom stereocenters. The number of aromatic amines is 1. The molecule has 3 heterocycles. The van der Waals surface area contributed by atoms with Crippen LogP contribution < -0.4 is 10.6 Å². The predicted molar refractivity (Wildman–Crippen MR) is 68.1 cm³/mol. The maximum atomic E-state index is 9.52. The highest BCUT2D eigenvalue weighted by Gasteiger charge is 2.33. The molecule has 0 aliphatic carbocycles. The zero-order chi connectivity index (χ0) is 12.7. The van der Waals surface area contributed by atoms with Crippen molar-refractivity contribution in [3.8, 4) is 0 Å². The number of rotatable bonds is 2. The molecule has 7 heteroatoms. The minimum atomic E-state index is 0.0748. The maximum Gasteiger partial charge on any atom is 0.224 e. The van der Waals surface area contributed by atoms with E-state index in [-0.39, 0.29) is 18.6 Å². The van der Waals surface area contributed by atoms with E-state index in [1.807, 2.05) is 0 Å². The van der Waals surface area contributed by atoms with Gasteiger partial charge >= 0.3 is 0 Å². The van der Waals surface area contributed by atoms with Gasteiger partial charge in [0.05, 0.1) is 19.0 Å². The summed E-state index contributed by atoms with van der Waals surface area (Å²) in [7, 11) is 0. The van der Waals surface area contributed by atoms with E-state index < -0.39 is 0 Å². The Hall–Kier alpha value is -1.89. The number of aromatic nitrogens is 4. The molecule has 2 unspecified atom stereocenters. The van der Waals surface area contributed by atoms with Gasteiger partial charge in [-0.2, -0.15) is 9.97 Å². The largest absolute Gasteiger partial charge is 0.394 e. The lowest BCUT2D eigenvalue weighted by Gasteiger charge is -2.26. The molecule has 18 heavy (non-hydrogen) atoms. The Morgan fingerprint density at radius 1 is 1.56 bits per heavy atom. The quantitative estimate of drug-likeness (QED) is 0.698. The second-order valence-corrected chi connectivity index (χ2v) is 4.72. The van der Waals surface area contributed by atoms with E-state index in [0.29, 0.717) is 11.6 Å². The Bertz CT molecular complexity index is 568. The number of nitrogen functional groups attached to an aromatic ring is 1. The molecule has 0 bridgehead atoms. The topological polar surface area (TPSA) is 104 Å². The maximum absolute atomic E-state index is 9.52. The van der Waals surface area contributed by atoms with Crippen LogP contribution in [0, 0.1) is 5.92 Å². The molecule has 1 fully saturated rings. The SMILES string of the molecule is CC1CCN(c2nc(N)nc3nc[nH]c23)C1CO. The van der Waals surface area contributed by atoms with Crippen LogP contribution >= 0.6 is 0 Å². The molecule has 3 rings (SSSR count). The van der Waals surface area contributed by atoms with Gasteiger partial charge in [0.15, 0.2) is 11.5 Å². The zero-order valence-corrected chi connectivity index (χ0v) is 10.2. The second kappa shape index (κ2) is 4.09. The van der Waals surface area contributed by atoms with Crippen molar-refractivity contribution in [3.63, 3.8) is 0 Å². The van der Waals surface area contributed by atoms with Crippen molar-refractivity contribution in [2.45, 2.75) is 19.4 Å². The van der Waals surface area contributed by atoms with Crippen molar-refractivity contribution in [1.82, 2.24) is 19.9 Å². The molecule has 1 aliphatic rings. The Labute approximate surface area is 104 Å². The summed E-state index contributed by atoms with van der Waals surface area (Å²) in [5.74, 6) is 1.38. The highest BCUT2D eigenvalue weighted by molar-refractivity contribution is 5.84. The fraction of sp³-hybridized carbons (Fsp3) is 0.545. The molecule has 4 N–H and O–H groups in total. The molecule has 96 valence electrons. The standard InChI is InChI=1S/C11H16N6O/c1-6-2-3-17(7(6)4-18)10-8-9(14-5-13-8)15-11(12)16-10/h5-7,18H,2-4H2,1H3,(H3,12,13,14,15,16). The van der Waals surface area contributed by atoms with Crippen LogP contribution in [0.4, 0.5) is 11.8 Å². The van der Waals surface area contributed by atoms with Gasteiger partial charge in [0.25, 0.3) is 0 Å². The Balaban J connectivity index is 2.11. The van der Waals surface area contributed by atoms with Gasteiger partial charge in [-0.15, -0.1) is 0 Å². The summed E-state index contributed by atoms with van der Waals surface area (Å²) >= 11 is 0. The number of imidazole rings is 1. The van der Waals surface area contributed by atoms with E-state index in [4.69, 9.17) is 5.73 Å². The number of anilines is 2. The lowest BCUT2D eigenvalue weighted by atomic mass is 10.0. The highest BCUT2D eigenvalue weighted by Crippen LogP contribution is 2.31. The van der Waals surface area contributed by atoms with E-state index in [2.05, 4.69) is 31.8 Å². The number of fused-ring (bicyclic) bond motifs is 1. The molecule has 0 saturated carbocycles. The van der Waals surface area contributed by atoms with E-state index in [1.54, 1.807) is 6.33 Å². The fourth-order valence-corrected chi connectivity index (χ4v) is 2.59. The summed E-state index contributed by atoms with van der Waals surface area (Å²) in [5.41, 5.74) is 7.05. The number of H-pyrrole nitrogens is 1. The average Bonchev–Trinajstić information content (AvgIpc) is 2.93. The van der Waals surface area contributed by atoms with Crippen LogP contribution in [0.5, 0.6) is 0 Å². The van der Waals surface area contributed by atoms with E-state index in [0.717, 1.165) is 24.3 Å². The molecule has 0 aromatic carbocycles. The average molecular weight is 248 g/mol. The van der Waals surface area contributed by atoms with Gasteiger partial charge in [0.2, 0.25) is 5.95 Å². The van der Waals surface area contributed by atoms with Crippen LogP contribution in [0.2, 0.25) is 0 Å². The fourth-order valence-electron chi connectivity index (χ4n) is 2.59. The monoisotopic (exact) mass is 248 g/mol. The summed E-state index contributed by atoms with van der Waals surface area (Å²) in [6.45, 7) is 3.10. The van der Waals surface area contributed by atoms with Gasteiger partial charge in [-0.1, -0.05) is 6.92 Å². The molecule has 2 aromatic rings. The number of hydrogen-bond acceptors (Lipinski definition) is 6. The zero-order valence-electron chi connectivity index (χ0n) is 10.2. The molecule has 0 spiro atoms. The normalized spacial score (nSPS) is 24.0. The van der Waals surface area contributed by atoms with Gasteiger partial charge in [-0.3, -0.25) is 0 Å². The number of aliphatic hydroxyl groups is 1. The molecule has 0 amide bonds. The number of hydrogen-bond donors (Lipinski definition) is 3. The number of aliphatic hydroxyl groups excluding tert-OH is 1. The van der Waals surface area contributed by atoms with Crippen LogP contribution in [0.1, 0.15) is 13.3 Å². The van der Waals surface area contributed by atoms with Gasteiger partial charge < -0.3 is 20.7 Å². The highest BCUT2D eigenvalue weighted by atomic mass is 16.3. The van der Waals surface area contributed by atoms with Crippen molar-refractivity contribution in [3.05, 3.63) is 6.33 Å². The Morgan fingerprint density at radius 2 is 2.39 bits per heavy atom. The van der Waals surface area contributed by atoms with Gasteiger partial charge in [0, 0.05) is 6.54 Å². The molecule has 1 aliphatic heterocycles. The van der Waals surface area contributed by atoms with Crippen LogP contribution in [0.25, 0.3) is 11.2 Å². The minimum absolute atomic E-state index is 0.0748. The molecule has 1 saturated heterocycles. The lowest BCUT2D eigenvalue weighted by Crippen LogP contribution is -2.36. The predicted octanol–water partition coefficient (Wildman–Crippen LogP) is 0.142. The van der Waals surface area contributed by atoms with E-state index in [1.165, 1.54) is 0 Å². The molecule has 7 nitrogen and oxygen atoms in total. The number of nitrogens with zero attached hydrogens (tertiary/aromatic N) is 4. The van der Waals surface area contributed by atoms with E-state index in [9.17, 15) is 5.11 Å². The van der Waals surface area contributed by atoms with Crippen molar-refractivity contribution in [2.24, 2.45) is 5.92 Å². The first-order chi connectivity index (χ1) is 8.70. The third kappa shape index (κ3) is 1.59. The third-order valence-corrected chi connectivity index (χ3v) is 3.63.